The van der Waals surface area contributed by atoms with Gasteiger partial charge >= 0.3 is 0 Å². The summed E-state index contributed by atoms with van der Waals surface area (Å²) in [5, 5.41) is 2.97. The van der Waals surface area contributed by atoms with Crippen molar-refractivity contribution in [1.29, 1.82) is 0 Å². The number of aryl methyl sites for hydroxylation is 1. The van der Waals surface area contributed by atoms with Crippen molar-refractivity contribution in [3.63, 3.8) is 0 Å². The van der Waals surface area contributed by atoms with Crippen molar-refractivity contribution in [2.75, 3.05) is 33.2 Å². The predicted molar refractivity (Wildman–Crippen MR) is 96.0 cm³/mol. The number of carbonyl (C=O) groups is 2. The van der Waals surface area contributed by atoms with Gasteiger partial charge in [-0.3, -0.25) is 9.59 Å². The van der Waals surface area contributed by atoms with Crippen LogP contribution in [-0.4, -0.2) is 60.9 Å². The lowest BCUT2D eigenvalue weighted by Gasteiger charge is -2.35. The number of rotatable bonds is 5. The number of amides is 2. The van der Waals surface area contributed by atoms with Crippen molar-refractivity contribution in [3.8, 4) is 0 Å². The highest BCUT2D eigenvalue weighted by atomic mass is 16.2. The van der Waals surface area contributed by atoms with Gasteiger partial charge in [0.25, 0.3) is 5.91 Å². The van der Waals surface area contributed by atoms with E-state index >= 15 is 0 Å². The lowest BCUT2D eigenvalue weighted by atomic mass is 10.0. The molecule has 0 bridgehead atoms. The topological polar surface area (TPSA) is 52.7 Å². The first-order valence-electron chi connectivity index (χ1n) is 8.72. The molecule has 1 atom stereocenters. The van der Waals surface area contributed by atoms with E-state index in [1.807, 2.05) is 30.0 Å². The van der Waals surface area contributed by atoms with Gasteiger partial charge in [0.1, 0.15) is 6.04 Å². The van der Waals surface area contributed by atoms with Crippen LogP contribution >= 0.6 is 0 Å². The lowest BCUT2D eigenvalue weighted by molar-refractivity contribution is -0.135. The molecule has 1 aliphatic rings. The van der Waals surface area contributed by atoms with Crippen LogP contribution in [0.1, 0.15) is 36.2 Å². The van der Waals surface area contributed by atoms with E-state index in [0.717, 1.165) is 31.7 Å². The van der Waals surface area contributed by atoms with Crippen molar-refractivity contribution < 1.29 is 9.59 Å². The molecule has 0 spiro atoms. The number of nitrogens with zero attached hydrogens (tertiary/aromatic N) is 2. The smallest absolute Gasteiger partial charge is 0.252 e. The Morgan fingerprint density at radius 1 is 1.12 bits per heavy atom. The van der Waals surface area contributed by atoms with E-state index in [-0.39, 0.29) is 11.8 Å². The minimum Gasteiger partial charge on any atom is -0.340 e. The molecule has 24 heavy (non-hydrogen) atoms. The summed E-state index contributed by atoms with van der Waals surface area (Å²) in [6.45, 7) is 9.27. The molecule has 0 unspecified atom stereocenters. The lowest BCUT2D eigenvalue weighted by Crippen LogP contribution is -2.54. The van der Waals surface area contributed by atoms with Crippen LogP contribution in [0, 0.1) is 12.8 Å². The first kappa shape index (κ1) is 18.5. The zero-order valence-corrected chi connectivity index (χ0v) is 15.2. The maximum absolute atomic E-state index is 12.9. The Morgan fingerprint density at radius 3 is 2.33 bits per heavy atom. The Labute approximate surface area is 145 Å². The highest BCUT2D eigenvalue weighted by molar-refractivity contribution is 5.98. The fourth-order valence-electron chi connectivity index (χ4n) is 3.00. The zero-order valence-electron chi connectivity index (χ0n) is 15.2. The molecule has 1 heterocycles. The van der Waals surface area contributed by atoms with Crippen molar-refractivity contribution in [2.45, 2.75) is 33.2 Å². The summed E-state index contributed by atoms with van der Waals surface area (Å²) in [6, 6.07) is 7.02. The number of piperazine rings is 1. The molecule has 1 saturated heterocycles. The van der Waals surface area contributed by atoms with E-state index in [0.29, 0.717) is 17.9 Å². The van der Waals surface area contributed by atoms with Gasteiger partial charge in [0.2, 0.25) is 5.91 Å². The third kappa shape index (κ3) is 4.81. The standard InChI is InChI=1S/C19H29N3O2/c1-14(2)13-17(19(24)22-11-9-21(4)10-12-22)20-18(23)16-8-6-5-7-15(16)3/h5-8,14,17H,9-13H2,1-4H3,(H,20,23)/t17-/m0/s1. The van der Waals surface area contributed by atoms with E-state index in [4.69, 9.17) is 0 Å². The fourth-order valence-corrected chi connectivity index (χ4v) is 3.00. The van der Waals surface area contributed by atoms with E-state index in [1.54, 1.807) is 6.07 Å². The van der Waals surface area contributed by atoms with Crippen LogP contribution < -0.4 is 5.32 Å². The van der Waals surface area contributed by atoms with Gasteiger partial charge in [0, 0.05) is 31.7 Å². The fraction of sp³-hybridized carbons (Fsp3) is 0.579. The van der Waals surface area contributed by atoms with Gasteiger partial charge < -0.3 is 15.1 Å². The van der Waals surface area contributed by atoms with Crippen molar-refractivity contribution in [1.82, 2.24) is 15.1 Å². The van der Waals surface area contributed by atoms with Gasteiger partial charge in [-0.25, -0.2) is 0 Å². The molecule has 5 nitrogen and oxygen atoms in total. The molecule has 0 saturated carbocycles. The molecule has 2 rings (SSSR count). The minimum atomic E-state index is -0.458. The van der Waals surface area contributed by atoms with Crippen molar-refractivity contribution >= 4 is 11.8 Å². The van der Waals surface area contributed by atoms with E-state index in [9.17, 15) is 9.59 Å². The van der Waals surface area contributed by atoms with E-state index in [1.165, 1.54) is 0 Å². The maximum atomic E-state index is 12.9. The third-order valence-electron chi connectivity index (χ3n) is 4.52. The minimum absolute atomic E-state index is 0.0405. The molecule has 1 aliphatic heterocycles. The Bertz CT molecular complexity index is 578. The average Bonchev–Trinajstić information content (AvgIpc) is 2.54. The number of likely N-dealkylation sites (N-methyl/N-ethyl adjacent to an activating group) is 1. The SMILES string of the molecule is Cc1ccccc1C(=O)N[C@@H](CC(C)C)C(=O)N1CCN(C)CC1. The van der Waals surface area contributed by atoms with Gasteiger partial charge in [-0.15, -0.1) is 0 Å². The van der Waals surface area contributed by atoms with Gasteiger partial charge in [-0.2, -0.15) is 0 Å². The van der Waals surface area contributed by atoms with Crippen LogP contribution in [0.25, 0.3) is 0 Å². The molecule has 0 radical (unpaired) electrons. The molecule has 5 heteroatoms. The quantitative estimate of drug-likeness (QED) is 0.897. The predicted octanol–water partition coefficient (Wildman–Crippen LogP) is 1.91. The number of carbonyl (C=O) groups excluding carboxylic acids is 2. The van der Waals surface area contributed by atoms with E-state index in [2.05, 4.69) is 31.1 Å². The van der Waals surface area contributed by atoms with Gasteiger partial charge in [0.05, 0.1) is 0 Å². The molecule has 2 amide bonds. The number of benzene rings is 1. The van der Waals surface area contributed by atoms with Crippen molar-refractivity contribution in [3.05, 3.63) is 35.4 Å². The van der Waals surface area contributed by atoms with Crippen LogP contribution in [0.3, 0.4) is 0 Å². The summed E-state index contributed by atoms with van der Waals surface area (Å²) >= 11 is 0. The molecular formula is C19H29N3O2. The monoisotopic (exact) mass is 331 g/mol. The van der Waals surface area contributed by atoms with Crippen LogP contribution in [-0.2, 0) is 4.79 Å². The summed E-state index contributed by atoms with van der Waals surface area (Å²) in [4.78, 5) is 29.6. The average molecular weight is 331 g/mol. The molecule has 1 aromatic rings. The molecule has 1 aromatic carbocycles. The summed E-state index contributed by atoms with van der Waals surface area (Å²) in [6.07, 6.45) is 0.656. The maximum Gasteiger partial charge on any atom is 0.252 e. The Hall–Kier alpha value is -1.88. The highest BCUT2D eigenvalue weighted by Crippen LogP contribution is 2.13. The first-order chi connectivity index (χ1) is 11.4. The molecule has 1 fully saturated rings. The molecule has 0 aromatic heterocycles. The molecule has 0 aliphatic carbocycles. The van der Waals surface area contributed by atoms with Crippen LogP contribution in [0.15, 0.2) is 24.3 Å². The normalized spacial score (nSPS) is 17.0. The summed E-state index contributed by atoms with van der Waals surface area (Å²) < 4.78 is 0. The van der Waals surface area contributed by atoms with Gasteiger partial charge in [0.15, 0.2) is 0 Å². The molecule has 1 N–H and O–H groups in total. The largest absolute Gasteiger partial charge is 0.340 e. The number of hydrogen-bond acceptors (Lipinski definition) is 3. The van der Waals surface area contributed by atoms with Crippen LogP contribution in [0.5, 0.6) is 0 Å². The molecular weight excluding hydrogens is 302 g/mol. The van der Waals surface area contributed by atoms with Crippen LogP contribution in [0.2, 0.25) is 0 Å². The van der Waals surface area contributed by atoms with Crippen LogP contribution in [0.4, 0.5) is 0 Å². The second-order valence-corrected chi connectivity index (χ2v) is 7.10. The van der Waals surface area contributed by atoms with Gasteiger partial charge in [-0.1, -0.05) is 32.0 Å². The van der Waals surface area contributed by atoms with E-state index < -0.39 is 6.04 Å². The summed E-state index contributed by atoms with van der Waals surface area (Å²) in [5.74, 6) is 0.212. The number of nitrogens with one attached hydrogen (secondary N) is 1. The number of hydrogen-bond donors (Lipinski definition) is 1. The Morgan fingerprint density at radius 2 is 1.75 bits per heavy atom. The zero-order chi connectivity index (χ0) is 17.7. The molecule has 132 valence electrons. The third-order valence-corrected chi connectivity index (χ3v) is 4.52. The summed E-state index contributed by atoms with van der Waals surface area (Å²) in [7, 11) is 2.06. The van der Waals surface area contributed by atoms with Gasteiger partial charge in [-0.05, 0) is 37.9 Å². The summed E-state index contributed by atoms with van der Waals surface area (Å²) in [5.41, 5.74) is 1.56. The highest BCUT2D eigenvalue weighted by Gasteiger charge is 2.29. The first-order valence-corrected chi connectivity index (χ1v) is 8.72. The second kappa shape index (κ2) is 8.29. The van der Waals surface area contributed by atoms with Crippen molar-refractivity contribution in [2.24, 2.45) is 5.92 Å². The Kier molecular flexibility index (Phi) is 6.37. The Balaban J connectivity index is 2.09. The second-order valence-electron chi connectivity index (χ2n) is 7.10.